The van der Waals surface area contributed by atoms with Crippen LogP contribution in [0.15, 0.2) is 36.5 Å². The first-order chi connectivity index (χ1) is 11.6. The molecule has 2 N–H and O–H groups in total. The number of hydrogen-bond acceptors (Lipinski definition) is 2. The number of urea groups is 1. The Morgan fingerprint density at radius 3 is 2.92 bits per heavy atom. The van der Waals surface area contributed by atoms with Crippen molar-refractivity contribution in [2.75, 3.05) is 19.6 Å². The number of aromatic nitrogens is 1. The molecule has 24 heavy (non-hydrogen) atoms. The second-order valence-electron chi connectivity index (χ2n) is 6.29. The molecule has 1 saturated heterocycles. The van der Waals surface area contributed by atoms with E-state index in [1.54, 1.807) is 4.90 Å². The highest BCUT2D eigenvalue weighted by atomic mass is 16.2. The molecule has 1 atom stereocenters. The molecular formula is C18H24N4O2. The van der Waals surface area contributed by atoms with Crippen molar-refractivity contribution in [3.63, 3.8) is 0 Å². The fourth-order valence-electron chi connectivity index (χ4n) is 3.24. The van der Waals surface area contributed by atoms with E-state index in [-0.39, 0.29) is 18.0 Å². The summed E-state index contributed by atoms with van der Waals surface area (Å²) in [5.41, 5.74) is 1.22. The van der Waals surface area contributed by atoms with Gasteiger partial charge in [-0.25, -0.2) is 4.79 Å². The number of rotatable bonds is 5. The van der Waals surface area contributed by atoms with Gasteiger partial charge in [-0.3, -0.25) is 4.79 Å². The number of carbonyl (C=O) groups is 2. The Kier molecular flexibility index (Phi) is 5.03. The van der Waals surface area contributed by atoms with E-state index < -0.39 is 0 Å². The Hall–Kier alpha value is -2.50. The average Bonchev–Trinajstić information content (AvgIpc) is 3.18. The zero-order valence-corrected chi connectivity index (χ0v) is 14.0. The van der Waals surface area contributed by atoms with Crippen LogP contribution in [0.4, 0.5) is 4.79 Å². The minimum Gasteiger partial charge on any atom is -0.352 e. The summed E-state index contributed by atoms with van der Waals surface area (Å²) in [6, 6.07) is 10.4. The van der Waals surface area contributed by atoms with Gasteiger partial charge in [-0.05, 0) is 30.4 Å². The zero-order valence-electron chi connectivity index (χ0n) is 14.0. The van der Waals surface area contributed by atoms with Crippen LogP contribution in [0.25, 0.3) is 10.9 Å². The highest BCUT2D eigenvalue weighted by Crippen LogP contribution is 2.15. The third-order valence-corrected chi connectivity index (χ3v) is 4.42. The van der Waals surface area contributed by atoms with Crippen molar-refractivity contribution in [2.24, 2.45) is 0 Å². The number of hydrogen-bond donors (Lipinski definition) is 2. The number of amides is 3. The molecule has 128 valence electrons. The molecule has 1 aromatic carbocycles. The van der Waals surface area contributed by atoms with Crippen LogP contribution in [0.2, 0.25) is 0 Å². The molecule has 0 bridgehead atoms. The summed E-state index contributed by atoms with van der Waals surface area (Å²) in [6.45, 7) is 4.31. The van der Waals surface area contributed by atoms with E-state index >= 15 is 0 Å². The van der Waals surface area contributed by atoms with Crippen LogP contribution < -0.4 is 10.6 Å². The van der Waals surface area contributed by atoms with Gasteiger partial charge in [0.2, 0.25) is 5.91 Å². The van der Waals surface area contributed by atoms with E-state index in [1.165, 1.54) is 17.8 Å². The van der Waals surface area contributed by atoms with E-state index in [2.05, 4.69) is 39.6 Å². The molecule has 3 amide bonds. The Balaban J connectivity index is 1.40. The topological polar surface area (TPSA) is 66.4 Å². The summed E-state index contributed by atoms with van der Waals surface area (Å²) in [5, 5.41) is 7.07. The van der Waals surface area contributed by atoms with Crippen LogP contribution in [-0.4, -0.2) is 47.1 Å². The molecular weight excluding hydrogens is 304 g/mol. The SMILES string of the molecule is CC(=O)N[C@@H]1CCN(C(=O)NCCCn2ccc3ccccc32)C1. The minimum absolute atomic E-state index is 0.0405. The minimum atomic E-state index is -0.0415. The molecule has 1 aliphatic rings. The van der Waals surface area contributed by atoms with Crippen molar-refractivity contribution in [2.45, 2.75) is 32.4 Å². The van der Waals surface area contributed by atoms with Crippen molar-refractivity contribution in [3.05, 3.63) is 36.5 Å². The Morgan fingerprint density at radius 1 is 1.25 bits per heavy atom. The normalized spacial score (nSPS) is 17.2. The number of nitrogens with zero attached hydrogens (tertiary/aromatic N) is 2. The largest absolute Gasteiger partial charge is 0.352 e. The second kappa shape index (κ2) is 7.38. The number of likely N-dealkylation sites (tertiary alicyclic amines) is 1. The van der Waals surface area contributed by atoms with Crippen LogP contribution >= 0.6 is 0 Å². The Morgan fingerprint density at radius 2 is 2.08 bits per heavy atom. The van der Waals surface area contributed by atoms with Gasteiger partial charge in [0.15, 0.2) is 0 Å². The van der Waals surface area contributed by atoms with E-state index in [1.807, 2.05) is 12.1 Å². The molecule has 1 aliphatic heterocycles. The van der Waals surface area contributed by atoms with E-state index in [0.29, 0.717) is 19.6 Å². The number of benzene rings is 1. The van der Waals surface area contributed by atoms with Crippen LogP contribution in [-0.2, 0) is 11.3 Å². The Labute approximate surface area is 141 Å². The number of carbonyl (C=O) groups excluding carboxylic acids is 2. The van der Waals surface area contributed by atoms with E-state index in [4.69, 9.17) is 0 Å². The van der Waals surface area contributed by atoms with Crippen LogP contribution in [0.1, 0.15) is 19.8 Å². The number of nitrogens with one attached hydrogen (secondary N) is 2. The van der Waals surface area contributed by atoms with Crippen LogP contribution in [0, 0.1) is 0 Å². The fraction of sp³-hybridized carbons (Fsp3) is 0.444. The molecule has 6 nitrogen and oxygen atoms in total. The van der Waals surface area contributed by atoms with Crippen LogP contribution in [0.3, 0.4) is 0 Å². The smallest absolute Gasteiger partial charge is 0.317 e. The van der Waals surface area contributed by atoms with Crippen molar-refractivity contribution < 1.29 is 9.59 Å². The lowest BCUT2D eigenvalue weighted by Gasteiger charge is -2.17. The van der Waals surface area contributed by atoms with Gasteiger partial charge in [0.25, 0.3) is 0 Å². The first-order valence-corrected chi connectivity index (χ1v) is 8.47. The molecule has 0 unspecified atom stereocenters. The molecule has 2 heterocycles. The maximum atomic E-state index is 12.1. The molecule has 0 radical (unpaired) electrons. The van der Waals surface area contributed by atoms with Gasteiger partial charge in [0.1, 0.15) is 0 Å². The highest BCUT2D eigenvalue weighted by Gasteiger charge is 2.26. The molecule has 1 aromatic heterocycles. The summed E-state index contributed by atoms with van der Waals surface area (Å²) in [5.74, 6) is -0.0405. The lowest BCUT2D eigenvalue weighted by atomic mass is 10.2. The summed E-state index contributed by atoms with van der Waals surface area (Å²) >= 11 is 0. The predicted octanol–water partition coefficient (Wildman–Crippen LogP) is 1.95. The molecule has 3 rings (SSSR count). The zero-order chi connectivity index (χ0) is 16.9. The molecule has 0 saturated carbocycles. The predicted molar refractivity (Wildman–Crippen MR) is 93.7 cm³/mol. The lowest BCUT2D eigenvalue weighted by molar-refractivity contribution is -0.119. The van der Waals surface area contributed by atoms with Gasteiger partial charge < -0.3 is 20.1 Å². The van der Waals surface area contributed by atoms with Gasteiger partial charge in [-0.1, -0.05) is 18.2 Å². The Bertz CT molecular complexity index is 725. The maximum Gasteiger partial charge on any atom is 0.317 e. The van der Waals surface area contributed by atoms with Crippen molar-refractivity contribution in [1.82, 2.24) is 20.1 Å². The number of para-hydroxylation sites is 1. The number of fused-ring (bicyclic) bond motifs is 1. The van der Waals surface area contributed by atoms with Crippen LogP contribution in [0.5, 0.6) is 0 Å². The van der Waals surface area contributed by atoms with Gasteiger partial charge in [0, 0.05) is 50.9 Å². The van der Waals surface area contributed by atoms with Crippen molar-refractivity contribution in [1.29, 1.82) is 0 Å². The summed E-state index contributed by atoms with van der Waals surface area (Å²) < 4.78 is 2.21. The third kappa shape index (κ3) is 3.88. The van der Waals surface area contributed by atoms with Gasteiger partial charge in [-0.2, -0.15) is 0 Å². The molecule has 0 aliphatic carbocycles. The number of aryl methyl sites for hydroxylation is 1. The second-order valence-corrected chi connectivity index (χ2v) is 6.29. The van der Waals surface area contributed by atoms with E-state index in [0.717, 1.165) is 19.4 Å². The van der Waals surface area contributed by atoms with Gasteiger partial charge >= 0.3 is 6.03 Å². The summed E-state index contributed by atoms with van der Waals surface area (Å²) in [4.78, 5) is 25.0. The molecule has 1 fully saturated rings. The highest BCUT2D eigenvalue weighted by molar-refractivity contribution is 5.80. The van der Waals surface area contributed by atoms with Gasteiger partial charge in [0.05, 0.1) is 0 Å². The summed E-state index contributed by atoms with van der Waals surface area (Å²) in [7, 11) is 0. The average molecular weight is 328 g/mol. The van der Waals surface area contributed by atoms with E-state index in [9.17, 15) is 9.59 Å². The first kappa shape index (κ1) is 16.4. The van der Waals surface area contributed by atoms with Gasteiger partial charge in [-0.15, -0.1) is 0 Å². The molecule has 0 spiro atoms. The van der Waals surface area contributed by atoms with Crippen molar-refractivity contribution >= 4 is 22.8 Å². The summed E-state index contributed by atoms with van der Waals surface area (Å²) in [6.07, 6.45) is 3.79. The first-order valence-electron chi connectivity index (χ1n) is 8.47. The van der Waals surface area contributed by atoms with Crippen molar-refractivity contribution in [3.8, 4) is 0 Å². The quantitative estimate of drug-likeness (QED) is 0.824. The molecule has 2 aromatic rings. The monoisotopic (exact) mass is 328 g/mol. The maximum absolute atomic E-state index is 12.1. The third-order valence-electron chi connectivity index (χ3n) is 4.42. The molecule has 6 heteroatoms. The lowest BCUT2D eigenvalue weighted by Crippen LogP contribution is -2.42. The fourth-order valence-corrected chi connectivity index (χ4v) is 3.24. The standard InChI is InChI=1S/C18H24N4O2/c1-14(23)20-16-8-12-22(13-16)18(24)19-9-4-10-21-11-7-15-5-2-3-6-17(15)21/h2-3,5-7,11,16H,4,8-10,12-13H2,1H3,(H,19,24)(H,20,23)/t16-/m1/s1.